The van der Waals surface area contributed by atoms with Crippen LogP contribution in [0, 0.1) is 5.92 Å². The van der Waals surface area contributed by atoms with E-state index in [2.05, 4.69) is 15.5 Å². The maximum atomic E-state index is 13.0. The summed E-state index contributed by atoms with van der Waals surface area (Å²) in [6.45, 7) is 2.50. The number of carbonyl (C=O) groups is 2. The van der Waals surface area contributed by atoms with Gasteiger partial charge in [-0.25, -0.2) is 4.79 Å². The van der Waals surface area contributed by atoms with E-state index in [0.29, 0.717) is 44.2 Å². The molecule has 3 amide bonds. The first-order valence-corrected chi connectivity index (χ1v) is 12.0. The van der Waals surface area contributed by atoms with E-state index in [0.717, 1.165) is 18.1 Å². The molecule has 0 spiro atoms. The smallest absolute Gasteiger partial charge is 0.323 e. The molecule has 2 fully saturated rings. The Morgan fingerprint density at radius 3 is 2.48 bits per heavy atom. The second-order valence-electron chi connectivity index (χ2n) is 8.62. The molecule has 1 aliphatic heterocycles. The number of anilines is 1. The molecule has 4 rings (SSSR count). The third kappa shape index (κ3) is 6.57. The Morgan fingerprint density at radius 1 is 1.00 bits per heavy atom. The van der Waals surface area contributed by atoms with Crippen molar-refractivity contribution in [1.29, 1.82) is 0 Å². The van der Waals surface area contributed by atoms with Crippen molar-refractivity contribution >= 4 is 29.4 Å². The minimum atomic E-state index is -0.271. The van der Waals surface area contributed by atoms with E-state index in [9.17, 15) is 9.59 Å². The molecule has 0 bridgehead atoms. The van der Waals surface area contributed by atoms with Crippen LogP contribution in [-0.4, -0.2) is 64.7 Å². The molecule has 0 atom stereocenters. The zero-order valence-electron chi connectivity index (χ0n) is 18.7. The van der Waals surface area contributed by atoms with Crippen LogP contribution >= 0.6 is 11.6 Å². The van der Waals surface area contributed by atoms with Crippen molar-refractivity contribution in [2.24, 2.45) is 5.92 Å². The standard InChI is InChI=1S/C24H30ClN5O3/c25-21-9-10-22(28-27-21)26-24(32)30-14-12-29(13-15-30)23(31)19-7-4-8-20(17-19)33-16-11-18-5-2-1-3-6-18/h4,7-10,17-18H,1-3,5-6,11-16H2,(H,26,28,32). The fourth-order valence-electron chi connectivity index (χ4n) is 4.40. The summed E-state index contributed by atoms with van der Waals surface area (Å²) in [5.41, 5.74) is 0.611. The first kappa shape index (κ1) is 23.3. The number of benzene rings is 1. The summed E-state index contributed by atoms with van der Waals surface area (Å²) in [6, 6.07) is 10.3. The number of aromatic nitrogens is 2. The number of urea groups is 1. The first-order chi connectivity index (χ1) is 16.1. The summed E-state index contributed by atoms with van der Waals surface area (Å²) in [5.74, 6) is 1.79. The zero-order valence-corrected chi connectivity index (χ0v) is 19.5. The van der Waals surface area contributed by atoms with E-state index in [-0.39, 0.29) is 17.1 Å². The first-order valence-electron chi connectivity index (χ1n) is 11.7. The number of piperazine rings is 1. The molecule has 2 heterocycles. The van der Waals surface area contributed by atoms with E-state index >= 15 is 0 Å². The summed E-state index contributed by atoms with van der Waals surface area (Å²) in [4.78, 5) is 28.9. The molecule has 0 unspecified atom stereocenters. The molecular weight excluding hydrogens is 442 g/mol. The van der Waals surface area contributed by atoms with E-state index in [1.54, 1.807) is 21.9 Å². The van der Waals surface area contributed by atoms with Gasteiger partial charge in [-0.15, -0.1) is 10.2 Å². The van der Waals surface area contributed by atoms with Gasteiger partial charge in [0.2, 0.25) is 0 Å². The number of rotatable bonds is 6. The van der Waals surface area contributed by atoms with E-state index < -0.39 is 0 Å². The van der Waals surface area contributed by atoms with Crippen molar-refractivity contribution < 1.29 is 14.3 Å². The number of ether oxygens (including phenoxy) is 1. The average molecular weight is 472 g/mol. The van der Waals surface area contributed by atoms with Crippen LogP contribution in [-0.2, 0) is 0 Å². The highest BCUT2D eigenvalue weighted by atomic mass is 35.5. The summed E-state index contributed by atoms with van der Waals surface area (Å²) < 4.78 is 5.95. The topological polar surface area (TPSA) is 87.7 Å². The maximum absolute atomic E-state index is 13.0. The molecule has 1 aliphatic carbocycles. The molecule has 1 saturated carbocycles. The molecule has 1 aromatic heterocycles. The molecule has 1 aromatic carbocycles. The van der Waals surface area contributed by atoms with Crippen LogP contribution in [0.25, 0.3) is 0 Å². The third-order valence-electron chi connectivity index (χ3n) is 6.32. The second-order valence-corrected chi connectivity index (χ2v) is 9.01. The van der Waals surface area contributed by atoms with Gasteiger partial charge in [-0.2, -0.15) is 0 Å². The molecule has 1 N–H and O–H groups in total. The van der Waals surface area contributed by atoms with Gasteiger partial charge < -0.3 is 14.5 Å². The molecule has 2 aromatic rings. The number of hydrogen-bond acceptors (Lipinski definition) is 5. The lowest BCUT2D eigenvalue weighted by Gasteiger charge is -2.34. The van der Waals surface area contributed by atoms with Crippen LogP contribution in [0.3, 0.4) is 0 Å². The minimum absolute atomic E-state index is 0.0450. The Hall–Kier alpha value is -2.87. The van der Waals surface area contributed by atoms with Crippen LogP contribution in [0.2, 0.25) is 5.15 Å². The van der Waals surface area contributed by atoms with Crippen molar-refractivity contribution in [2.45, 2.75) is 38.5 Å². The predicted octanol–water partition coefficient (Wildman–Crippen LogP) is 4.47. The van der Waals surface area contributed by atoms with Gasteiger partial charge >= 0.3 is 6.03 Å². The normalized spacial score (nSPS) is 17.0. The van der Waals surface area contributed by atoms with Crippen LogP contribution in [0.15, 0.2) is 36.4 Å². The zero-order chi connectivity index (χ0) is 23.0. The van der Waals surface area contributed by atoms with Crippen molar-refractivity contribution in [3.63, 3.8) is 0 Å². The summed E-state index contributed by atoms with van der Waals surface area (Å²) in [5, 5.41) is 10.5. The van der Waals surface area contributed by atoms with Gasteiger partial charge in [0.25, 0.3) is 5.91 Å². The van der Waals surface area contributed by atoms with Gasteiger partial charge in [0.1, 0.15) is 5.75 Å². The molecular formula is C24H30ClN5O3. The fourth-order valence-corrected chi connectivity index (χ4v) is 4.51. The SMILES string of the molecule is O=C(Nc1ccc(Cl)nn1)N1CCN(C(=O)c2cccc(OCCC3CCCCC3)c2)CC1. The Kier molecular flexibility index (Phi) is 7.99. The molecule has 0 radical (unpaired) electrons. The summed E-state index contributed by atoms with van der Waals surface area (Å²) in [7, 11) is 0. The number of nitrogens with zero attached hydrogens (tertiary/aromatic N) is 4. The van der Waals surface area contributed by atoms with E-state index in [4.69, 9.17) is 16.3 Å². The molecule has 9 heteroatoms. The third-order valence-corrected chi connectivity index (χ3v) is 6.52. The summed E-state index contributed by atoms with van der Waals surface area (Å²) >= 11 is 5.72. The summed E-state index contributed by atoms with van der Waals surface area (Å²) in [6.07, 6.45) is 7.71. The van der Waals surface area contributed by atoms with Gasteiger partial charge in [-0.3, -0.25) is 10.1 Å². The highest BCUT2D eigenvalue weighted by Gasteiger charge is 2.25. The van der Waals surface area contributed by atoms with Gasteiger partial charge in [0.05, 0.1) is 6.61 Å². The molecule has 1 saturated heterocycles. The minimum Gasteiger partial charge on any atom is -0.494 e. The number of nitrogens with one attached hydrogen (secondary N) is 1. The second kappa shape index (κ2) is 11.3. The van der Waals surface area contributed by atoms with Crippen molar-refractivity contribution in [3.05, 3.63) is 47.1 Å². The number of hydrogen-bond donors (Lipinski definition) is 1. The number of amides is 3. The Labute approximate surface area is 199 Å². The Balaban J connectivity index is 1.24. The largest absolute Gasteiger partial charge is 0.494 e. The lowest BCUT2D eigenvalue weighted by Crippen LogP contribution is -2.51. The number of halogens is 1. The lowest BCUT2D eigenvalue weighted by molar-refractivity contribution is 0.0671. The molecule has 176 valence electrons. The maximum Gasteiger partial charge on any atom is 0.323 e. The Morgan fingerprint density at radius 2 is 1.76 bits per heavy atom. The molecule has 33 heavy (non-hydrogen) atoms. The van der Waals surface area contributed by atoms with Crippen molar-refractivity contribution in [3.8, 4) is 5.75 Å². The van der Waals surface area contributed by atoms with E-state index in [1.165, 1.54) is 32.1 Å². The molecule has 8 nitrogen and oxygen atoms in total. The van der Waals surface area contributed by atoms with Crippen molar-refractivity contribution in [1.82, 2.24) is 20.0 Å². The fraction of sp³-hybridized carbons (Fsp3) is 0.500. The highest BCUT2D eigenvalue weighted by Crippen LogP contribution is 2.26. The average Bonchev–Trinajstić information content (AvgIpc) is 2.86. The van der Waals surface area contributed by atoms with Gasteiger partial charge in [-0.1, -0.05) is 49.8 Å². The molecule has 2 aliphatic rings. The van der Waals surface area contributed by atoms with Gasteiger partial charge in [0, 0.05) is 31.7 Å². The van der Waals surface area contributed by atoms with Crippen molar-refractivity contribution in [2.75, 3.05) is 38.1 Å². The van der Waals surface area contributed by atoms with Crippen LogP contribution < -0.4 is 10.1 Å². The van der Waals surface area contributed by atoms with Crippen LogP contribution in [0.5, 0.6) is 5.75 Å². The highest BCUT2D eigenvalue weighted by molar-refractivity contribution is 6.29. The monoisotopic (exact) mass is 471 g/mol. The Bertz CT molecular complexity index is 941. The predicted molar refractivity (Wildman–Crippen MR) is 127 cm³/mol. The number of carbonyl (C=O) groups excluding carboxylic acids is 2. The van der Waals surface area contributed by atoms with Gasteiger partial charge in [0.15, 0.2) is 11.0 Å². The quantitative estimate of drug-likeness (QED) is 0.671. The van der Waals surface area contributed by atoms with E-state index in [1.807, 2.05) is 24.3 Å². The lowest BCUT2D eigenvalue weighted by atomic mass is 9.87. The van der Waals surface area contributed by atoms with Gasteiger partial charge in [-0.05, 0) is 42.7 Å². The van der Waals surface area contributed by atoms with Crippen LogP contribution in [0.4, 0.5) is 10.6 Å². The van der Waals surface area contributed by atoms with Crippen LogP contribution in [0.1, 0.15) is 48.9 Å².